The topological polar surface area (TPSA) is 46.0 Å². The van der Waals surface area contributed by atoms with Crippen LogP contribution in [0.15, 0.2) is 91.4 Å². The molecule has 4 aromatic rings. The molecular weight excluding hydrogens is 397 g/mol. The maximum absolute atomic E-state index is 14.8. The Bertz CT molecular complexity index is 1180. The smallest absolute Gasteiger partial charge is 0.174 e. The van der Waals surface area contributed by atoms with Gasteiger partial charge in [-0.3, -0.25) is 4.98 Å². The fraction of sp³-hybridized carbons (Fsp3) is 0.0870. The van der Waals surface area contributed by atoms with Gasteiger partial charge in [0, 0.05) is 24.3 Å². The number of para-hydroxylation sites is 1. The number of nitrogens with one attached hydrogen (secondary N) is 1. The standard InChI is InChI=1S/C23H18FN5S/c24-16-8-1-2-10-18(16)29-22(21(27-23(29)30)17-9-3-5-13-25-17)19-11-7-15-28(19)20-12-4-6-14-26-20/h1-15,21-22H,(H,27,30)/t21-,22+/m0/s1. The minimum Gasteiger partial charge on any atom is -0.351 e. The number of pyridine rings is 2. The van der Waals surface area contributed by atoms with E-state index in [0.717, 1.165) is 17.2 Å². The monoisotopic (exact) mass is 415 g/mol. The first-order valence-electron chi connectivity index (χ1n) is 9.58. The highest BCUT2D eigenvalue weighted by Gasteiger charge is 2.43. The number of nitrogens with zero attached hydrogens (tertiary/aromatic N) is 4. The van der Waals surface area contributed by atoms with Crippen LogP contribution in [0.25, 0.3) is 5.82 Å². The van der Waals surface area contributed by atoms with E-state index >= 15 is 0 Å². The van der Waals surface area contributed by atoms with Gasteiger partial charge in [0.15, 0.2) is 5.11 Å². The molecule has 1 fully saturated rings. The lowest BCUT2D eigenvalue weighted by Crippen LogP contribution is -2.31. The molecule has 1 N–H and O–H groups in total. The van der Waals surface area contributed by atoms with Crippen LogP contribution in [0.3, 0.4) is 0 Å². The Hall–Kier alpha value is -3.58. The van der Waals surface area contributed by atoms with Gasteiger partial charge in [0.2, 0.25) is 0 Å². The Morgan fingerprint density at radius 3 is 2.37 bits per heavy atom. The molecule has 0 spiro atoms. The van der Waals surface area contributed by atoms with Gasteiger partial charge in [-0.25, -0.2) is 9.37 Å². The highest BCUT2D eigenvalue weighted by atomic mass is 32.1. The van der Waals surface area contributed by atoms with E-state index < -0.39 is 0 Å². The number of hydrogen-bond donors (Lipinski definition) is 1. The Morgan fingerprint density at radius 1 is 0.867 bits per heavy atom. The van der Waals surface area contributed by atoms with Crippen LogP contribution in [0.4, 0.5) is 10.1 Å². The molecule has 148 valence electrons. The Kier molecular flexibility index (Phi) is 4.72. The van der Waals surface area contributed by atoms with Gasteiger partial charge in [-0.2, -0.15) is 0 Å². The zero-order chi connectivity index (χ0) is 20.5. The van der Waals surface area contributed by atoms with Gasteiger partial charge in [0.25, 0.3) is 0 Å². The van der Waals surface area contributed by atoms with Crippen LogP contribution in [0.1, 0.15) is 23.5 Å². The average Bonchev–Trinajstić information content (AvgIpc) is 3.40. The summed E-state index contributed by atoms with van der Waals surface area (Å²) in [5.74, 6) is 0.452. The molecule has 0 saturated carbocycles. The second kappa shape index (κ2) is 7.68. The Morgan fingerprint density at radius 2 is 1.63 bits per heavy atom. The first-order chi connectivity index (χ1) is 14.7. The third kappa shape index (κ3) is 3.13. The molecule has 0 radical (unpaired) electrons. The van der Waals surface area contributed by atoms with Gasteiger partial charge < -0.3 is 14.8 Å². The number of aromatic nitrogens is 3. The van der Waals surface area contributed by atoms with E-state index in [-0.39, 0.29) is 17.9 Å². The predicted octanol–water partition coefficient (Wildman–Crippen LogP) is 4.58. The molecule has 0 unspecified atom stereocenters. The highest BCUT2D eigenvalue weighted by Crippen LogP contribution is 2.42. The Balaban J connectivity index is 1.69. The van der Waals surface area contributed by atoms with E-state index in [0.29, 0.717) is 10.8 Å². The number of anilines is 1. The summed E-state index contributed by atoms with van der Waals surface area (Å²) in [7, 11) is 0. The van der Waals surface area contributed by atoms with Gasteiger partial charge in [0.05, 0.1) is 17.4 Å². The maximum Gasteiger partial charge on any atom is 0.174 e. The molecule has 5 nitrogen and oxygen atoms in total. The predicted molar refractivity (Wildman–Crippen MR) is 118 cm³/mol. The fourth-order valence-corrected chi connectivity index (χ4v) is 4.24. The SMILES string of the molecule is Fc1ccccc1N1C(=S)N[C@@H](c2ccccn2)[C@H]1c1cccn1-c1ccccn1. The summed E-state index contributed by atoms with van der Waals surface area (Å²) in [6, 6.07) is 21.6. The number of thiocarbonyl (C=S) groups is 1. The molecule has 0 amide bonds. The molecule has 1 saturated heterocycles. The zero-order valence-electron chi connectivity index (χ0n) is 15.9. The summed E-state index contributed by atoms with van der Waals surface area (Å²) in [4.78, 5) is 10.9. The van der Waals surface area contributed by atoms with Crippen molar-refractivity contribution >= 4 is 23.0 Å². The van der Waals surface area contributed by atoms with Crippen LogP contribution in [0.5, 0.6) is 0 Å². The van der Waals surface area contributed by atoms with E-state index in [9.17, 15) is 4.39 Å². The summed E-state index contributed by atoms with van der Waals surface area (Å²) < 4.78 is 16.8. The summed E-state index contributed by atoms with van der Waals surface area (Å²) in [5, 5.41) is 3.81. The van der Waals surface area contributed by atoms with Crippen molar-refractivity contribution in [1.29, 1.82) is 0 Å². The van der Waals surface area contributed by atoms with Crippen molar-refractivity contribution in [2.45, 2.75) is 12.1 Å². The van der Waals surface area contributed by atoms with E-state index in [1.165, 1.54) is 6.07 Å². The van der Waals surface area contributed by atoms with Crippen LogP contribution in [0.2, 0.25) is 0 Å². The first kappa shape index (κ1) is 18.4. The average molecular weight is 415 g/mol. The molecule has 0 bridgehead atoms. The van der Waals surface area contributed by atoms with Crippen molar-refractivity contribution < 1.29 is 4.39 Å². The molecule has 7 heteroatoms. The van der Waals surface area contributed by atoms with Gasteiger partial charge >= 0.3 is 0 Å². The van der Waals surface area contributed by atoms with E-state index in [2.05, 4.69) is 15.3 Å². The van der Waals surface area contributed by atoms with Crippen molar-refractivity contribution in [1.82, 2.24) is 19.9 Å². The molecule has 2 atom stereocenters. The molecule has 0 aliphatic carbocycles. The first-order valence-corrected chi connectivity index (χ1v) is 9.99. The fourth-order valence-electron chi connectivity index (χ4n) is 3.90. The van der Waals surface area contributed by atoms with Crippen molar-refractivity contribution in [2.24, 2.45) is 0 Å². The van der Waals surface area contributed by atoms with Crippen LogP contribution < -0.4 is 10.2 Å². The molecule has 1 aliphatic heterocycles. The number of halogens is 1. The van der Waals surface area contributed by atoms with Crippen molar-refractivity contribution in [2.75, 3.05) is 4.90 Å². The third-order valence-corrected chi connectivity index (χ3v) is 5.50. The number of hydrogen-bond acceptors (Lipinski definition) is 3. The van der Waals surface area contributed by atoms with Crippen LogP contribution in [-0.4, -0.2) is 19.6 Å². The van der Waals surface area contributed by atoms with Gasteiger partial charge in [-0.15, -0.1) is 0 Å². The summed E-state index contributed by atoms with van der Waals surface area (Å²) in [6.07, 6.45) is 5.45. The second-order valence-electron chi connectivity index (χ2n) is 6.94. The van der Waals surface area contributed by atoms with Crippen LogP contribution in [-0.2, 0) is 0 Å². The normalized spacial score (nSPS) is 18.4. The minimum absolute atomic E-state index is 0.254. The molecule has 1 aromatic carbocycles. The highest BCUT2D eigenvalue weighted by molar-refractivity contribution is 7.80. The largest absolute Gasteiger partial charge is 0.351 e. The van der Waals surface area contributed by atoms with Crippen LogP contribution >= 0.6 is 12.2 Å². The molecule has 4 heterocycles. The summed E-state index contributed by atoms with van der Waals surface area (Å²) >= 11 is 5.67. The number of benzene rings is 1. The molecule has 30 heavy (non-hydrogen) atoms. The van der Waals surface area contributed by atoms with E-state index in [1.54, 1.807) is 24.5 Å². The Labute approximate surface area is 178 Å². The summed E-state index contributed by atoms with van der Waals surface area (Å²) in [6.45, 7) is 0. The lowest BCUT2D eigenvalue weighted by atomic mass is 10.0. The van der Waals surface area contributed by atoms with Gasteiger partial charge in [-0.1, -0.05) is 24.3 Å². The van der Waals surface area contributed by atoms with Crippen LogP contribution in [0, 0.1) is 5.82 Å². The molecule has 3 aromatic heterocycles. The van der Waals surface area contributed by atoms with Gasteiger partial charge in [0.1, 0.15) is 17.7 Å². The third-order valence-electron chi connectivity index (χ3n) is 5.19. The van der Waals surface area contributed by atoms with E-state index in [4.69, 9.17) is 12.2 Å². The lowest BCUT2D eigenvalue weighted by Gasteiger charge is -2.29. The maximum atomic E-state index is 14.8. The van der Waals surface area contributed by atoms with Crippen molar-refractivity contribution in [3.05, 3.63) is 109 Å². The number of rotatable bonds is 4. The quantitative estimate of drug-likeness (QED) is 0.494. The summed E-state index contributed by atoms with van der Waals surface area (Å²) in [5.41, 5.74) is 2.18. The zero-order valence-corrected chi connectivity index (χ0v) is 16.7. The molecule has 1 aliphatic rings. The lowest BCUT2D eigenvalue weighted by molar-refractivity contribution is 0.541. The molecular formula is C23H18FN5S. The van der Waals surface area contributed by atoms with Gasteiger partial charge in [-0.05, 0) is 60.7 Å². The van der Waals surface area contributed by atoms with Crippen molar-refractivity contribution in [3.63, 3.8) is 0 Å². The molecule has 5 rings (SSSR count). The van der Waals surface area contributed by atoms with E-state index in [1.807, 2.05) is 70.3 Å². The second-order valence-corrected chi connectivity index (χ2v) is 7.33. The van der Waals surface area contributed by atoms with Crippen molar-refractivity contribution in [3.8, 4) is 5.82 Å². The minimum atomic E-state index is -0.329.